The first-order chi connectivity index (χ1) is 3.46. The third kappa shape index (κ3) is 1430. The van der Waals surface area contributed by atoms with Crippen molar-refractivity contribution in [2.75, 3.05) is 0 Å². The molecule has 0 aliphatic heterocycles. The van der Waals surface area contributed by atoms with E-state index in [1.54, 1.807) is 0 Å². The van der Waals surface area contributed by atoms with Crippen LogP contribution in [0.4, 0.5) is 9.59 Å². The Bertz CT molecular complexity index is 69.1. The van der Waals surface area contributed by atoms with E-state index in [9.17, 15) is 0 Å². The zero-order valence-electron chi connectivity index (χ0n) is 3.95. The predicted molar refractivity (Wildman–Crippen MR) is 10.8 cm³/mol. The first kappa shape index (κ1) is 15.8. The van der Waals surface area contributed by atoms with Crippen LogP contribution >= 0.6 is 0 Å². The van der Waals surface area contributed by atoms with E-state index in [1.165, 1.54) is 0 Å². The van der Waals surface area contributed by atoms with Gasteiger partial charge in [-0.15, -0.1) is 0 Å². The Labute approximate surface area is 73.5 Å². The number of carbonyl (C=O) groups is 2. The number of hydrogen-bond acceptors (Lipinski definition) is 6. The molecule has 0 spiro atoms. The first-order valence-corrected chi connectivity index (χ1v) is 1.22. The van der Waals surface area contributed by atoms with Crippen molar-refractivity contribution in [1.29, 1.82) is 0 Å². The van der Waals surface area contributed by atoms with Crippen LogP contribution in [-0.4, -0.2) is 12.3 Å². The minimum absolute atomic E-state index is 0. The smallest absolute Gasteiger partial charge is 0.652 e. The van der Waals surface area contributed by atoms with Crippen molar-refractivity contribution in [3.8, 4) is 0 Å². The molecule has 6 nitrogen and oxygen atoms in total. The number of carboxylic acid groups (broad SMARTS) is 4. The largest absolute Gasteiger partial charge is 4.00 e. The average Bonchev–Trinajstić information content (AvgIpc) is 1.25. The molecule has 0 bridgehead atoms. The molecule has 7 heteroatoms. The van der Waals surface area contributed by atoms with Gasteiger partial charge in [0.05, 0.1) is 0 Å². The second-order valence-corrected chi connectivity index (χ2v) is 0.500. The van der Waals surface area contributed by atoms with Crippen molar-refractivity contribution >= 4 is 12.3 Å². The molecule has 0 aliphatic rings. The maximum absolute atomic E-state index is 8.33. The zero-order chi connectivity index (χ0) is 7.15. The molecular weight excluding hydrogens is 358 g/mol. The van der Waals surface area contributed by atoms with Crippen LogP contribution in [-0.2, 0) is 0 Å². The summed E-state index contributed by atoms with van der Waals surface area (Å²) in [6.45, 7) is 0. The summed E-state index contributed by atoms with van der Waals surface area (Å²) >= 11 is 0. The van der Waals surface area contributed by atoms with Crippen LogP contribution in [0.1, 0.15) is 0 Å². The van der Waals surface area contributed by atoms with Gasteiger partial charge in [-0.3, -0.25) is 0 Å². The maximum atomic E-state index is 8.33. The second kappa shape index (κ2) is 10.6. The fourth-order valence-corrected chi connectivity index (χ4v) is 0. The standard InChI is InChI=1S/2CH2O3.U/c2*2-1(3)4;/h2*(H2,2,3,4);/q;;+4/p-4. The predicted octanol–water partition coefficient (Wildman–Crippen LogP) is -4.89. The number of rotatable bonds is 0. The fourth-order valence-electron chi connectivity index (χ4n) is 0. The van der Waals surface area contributed by atoms with Crippen molar-refractivity contribution < 1.29 is 61.1 Å². The Kier molecular flexibility index (Phi) is 18.6. The van der Waals surface area contributed by atoms with Crippen LogP contribution in [0.5, 0.6) is 0 Å². The van der Waals surface area contributed by atoms with E-state index in [4.69, 9.17) is 30.0 Å². The Morgan fingerprint density at radius 3 is 0.778 bits per heavy atom. The zero-order valence-corrected chi connectivity index (χ0v) is 8.11. The van der Waals surface area contributed by atoms with Crippen molar-refractivity contribution in [3.63, 3.8) is 0 Å². The van der Waals surface area contributed by atoms with Crippen LogP contribution in [0.15, 0.2) is 0 Å². The van der Waals surface area contributed by atoms with E-state index in [-0.39, 0.29) is 31.1 Å². The summed E-state index contributed by atoms with van der Waals surface area (Å²) in [5.41, 5.74) is 0. The Morgan fingerprint density at radius 2 is 0.778 bits per heavy atom. The van der Waals surface area contributed by atoms with Gasteiger partial charge in [-0.05, 0) is 12.3 Å². The van der Waals surface area contributed by atoms with Crippen LogP contribution in [0.2, 0.25) is 0 Å². The molecule has 0 aromatic heterocycles. The number of hydrogen-bond donors (Lipinski definition) is 0. The van der Waals surface area contributed by atoms with E-state index < -0.39 is 12.3 Å². The second-order valence-electron chi connectivity index (χ2n) is 0.500. The van der Waals surface area contributed by atoms with Gasteiger partial charge < -0.3 is 30.0 Å². The molecular formula is C2O6U. The van der Waals surface area contributed by atoms with Gasteiger partial charge in [0, 0.05) is 0 Å². The van der Waals surface area contributed by atoms with Crippen LogP contribution in [0.25, 0.3) is 0 Å². The van der Waals surface area contributed by atoms with E-state index in [0.717, 1.165) is 0 Å². The van der Waals surface area contributed by atoms with E-state index in [1.807, 2.05) is 0 Å². The van der Waals surface area contributed by atoms with E-state index in [0.29, 0.717) is 0 Å². The third-order valence-electron chi connectivity index (χ3n) is 0. The quantitative estimate of drug-likeness (QED) is 0.427. The molecule has 0 rings (SSSR count). The van der Waals surface area contributed by atoms with Gasteiger partial charge in [0.2, 0.25) is 0 Å². The normalized spacial score (nSPS) is 5.33. The molecule has 0 fully saturated rings. The van der Waals surface area contributed by atoms with Gasteiger partial charge in [0.15, 0.2) is 0 Å². The Balaban J connectivity index is -0.0000000720. The van der Waals surface area contributed by atoms with Gasteiger partial charge in [0.1, 0.15) is 0 Å². The summed E-state index contributed by atoms with van der Waals surface area (Å²) in [6.07, 6.45) is -4.67. The Hall–Kier alpha value is -0.408. The molecule has 9 heavy (non-hydrogen) atoms. The molecule has 0 amide bonds. The minimum Gasteiger partial charge on any atom is -0.652 e. The van der Waals surface area contributed by atoms with Crippen molar-refractivity contribution in [1.82, 2.24) is 0 Å². The van der Waals surface area contributed by atoms with Gasteiger partial charge in [-0.1, -0.05) is 0 Å². The summed E-state index contributed by atoms with van der Waals surface area (Å²) in [5, 5.41) is 33.3. The van der Waals surface area contributed by atoms with Gasteiger partial charge >= 0.3 is 31.1 Å². The summed E-state index contributed by atoms with van der Waals surface area (Å²) in [4.78, 5) is 16.7. The summed E-state index contributed by atoms with van der Waals surface area (Å²) in [7, 11) is 0. The molecule has 0 aromatic rings. The molecule has 0 atom stereocenters. The molecule has 0 aromatic carbocycles. The van der Waals surface area contributed by atoms with Crippen molar-refractivity contribution in [2.24, 2.45) is 0 Å². The third-order valence-corrected chi connectivity index (χ3v) is 0. The topological polar surface area (TPSA) is 126 Å². The van der Waals surface area contributed by atoms with Gasteiger partial charge in [0.25, 0.3) is 0 Å². The monoisotopic (exact) mass is 358 g/mol. The molecule has 0 saturated heterocycles. The molecule has 0 heterocycles. The molecule has 0 aliphatic carbocycles. The number of carbonyl (C=O) groups excluding carboxylic acids is 2. The molecule has 0 saturated carbocycles. The van der Waals surface area contributed by atoms with Crippen LogP contribution < -0.4 is 20.4 Å². The fraction of sp³-hybridized carbons (Fsp3) is 0. The van der Waals surface area contributed by atoms with Crippen molar-refractivity contribution in [2.45, 2.75) is 0 Å². The van der Waals surface area contributed by atoms with Crippen LogP contribution in [0.3, 0.4) is 0 Å². The van der Waals surface area contributed by atoms with E-state index >= 15 is 0 Å². The maximum Gasteiger partial charge on any atom is 4.00 e. The molecule has 0 unspecified atom stereocenters. The minimum atomic E-state index is -2.33. The molecule has 0 N–H and O–H groups in total. The average molecular weight is 358 g/mol. The molecule has 0 radical (unpaired) electrons. The first-order valence-electron chi connectivity index (χ1n) is 1.22. The Morgan fingerprint density at radius 1 is 0.778 bits per heavy atom. The van der Waals surface area contributed by atoms with E-state index in [2.05, 4.69) is 0 Å². The SMILES string of the molecule is O=C([O-])[O-].O=C([O-])[O-].[U+4]. The summed E-state index contributed by atoms with van der Waals surface area (Å²) < 4.78 is 0. The summed E-state index contributed by atoms with van der Waals surface area (Å²) in [6, 6.07) is 0. The van der Waals surface area contributed by atoms with Crippen LogP contribution in [0, 0.1) is 31.1 Å². The van der Waals surface area contributed by atoms with Gasteiger partial charge in [-0.25, -0.2) is 0 Å². The van der Waals surface area contributed by atoms with Crippen molar-refractivity contribution in [3.05, 3.63) is 0 Å². The summed E-state index contributed by atoms with van der Waals surface area (Å²) in [5.74, 6) is 0. The van der Waals surface area contributed by atoms with Gasteiger partial charge in [-0.2, -0.15) is 0 Å². The molecule has 48 valence electrons.